The Morgan fingerprint density at radius 2 is 1.95 bits per heavy atom. The van der Waals surface area contributed by atoms with Gasteiger partial charge in [-0.15, -0.1) is 0 Å². The van der Waals surface area contributed by atoms with E-state index in [1.54, 1.807) is 7.11 Å². The zero-order valence-corrected chi connectivity index (χ0v) is 14.1. The summed E-state index contributed by atoms with van der Waals surface area (Å²) < 4.78 is 7.24. The molecule has 0 spiro atoms. The number of halogens is 3. The van der Waals surface area contributed by atoms with Gasteiger partial charge in [0.2, 0.25) is 0 Å². The highest BCUT2D eigenvalue weighted by Crippen LogP contribution is 2.26. The highest BCUT2D eigenvalue weighted by molar-refractivity contribution is 9.10. The Labute approximate surface area is 134 Å². The fourth-order valence-electron chi connectivity index (χ4n) is 1.66. The van der Waals surface area contributed by atoms with Gasteiger partial charge in [-0.2, -0.15) is 0 Å². The molecule has 0 radical (unpaired) electrons. The Balaban J connectivity index is 2.14. The van der Waals surface area contributed by atoms with E-state index in [9.17, 15) is 0 Å². The summed E-state index contributed by atoms with van der Waals surface area (Å²) in [5.74, 6) is 0.807. The Hall–Kier alpha value is -0.710. The molecule has 0 unspecified atom stereocenters. The van der Waals surface area contributed by atoms with Gasteiger partial charge in [0.15, 0.2) is 0 Å². The summed E-state index contributed by atoms with van der Waals surface area (Å²) in [5.41, 5.74) is 2.09. The van der Waals surface area contributed by atoms with Gasteiger partial charge in [0.25, 0.3) is 0 Å². The number of nitrogens with one attached hydrogen (secondary N) is 1. The van der Waals surface area contributed by atoms with Gasteiger partial charge in [-0.1, -0.05) is 43.5 Å². The van der Waals surface area contributed by atoms with E-state index in [0.29, 0.717) is 6.54 Å². The van der Waals surface area contributed by atoms with Crippen molar-refractivity contribution in [2.45, 2.75) is 6.54 Å². The van der Waals surface area contributed by atoms with Crippen molar-refractivity contribution in [1.82, 2.24) is 0 Å². The van der Waals surface area contributed by atoms with Gasteiger partial charge >= 0.3 is 0 Å². The van der Waals surface area contributed by atoms with Crippen molar-refractivity contribution in [3.8, 4) is 5.75 Å². The fraction of sp³-hybridized carbons (Fsp3) is 0.143. The quantitative estimate of drug-likeness (QED) is 0.727. The number of methoxy groups -OCH3 is 1. The second kappa shape index (κ2) is 6.64. The molecule has 2 rings (SSSR count). The third kappa shape index (κ3) is 4.13. The van der Waals surface area contributed by atoms with E-state index in [1.165, 1.54) is 0 Å². The zero-order chi connectivity index (χ0) is 13.8. The van der Waals surface area contributed by atoms with Gasteiger partial charge in [-0.3, -0.25) is 0 Å². The van der Waals surface area contributed by atoms with Crippen molar-refractivity contribution >= 4 is 49.1 Å². The SMILES string of the molecule is COc1cc(Br)cc(NCc2cc(Cl)ccc2Br)c1. The fourth-order valence-corrected chi connectivity index (χ4v) is 2.71. The predicted molar refractivity (Wildman–Crippen MR) is 87.2 cm³/mol. The van der Waals surface area contributed by atoms with Crippen LogP contribution >= 0.6 is 43.5 Å². The first-order chi connectivity index (χ1) is 9.08. The minimum atomic E-state index is 0.681. The first-order valence-electron chi connectivity index (χ1n) is 5.61. The lowest BCUT2D eigenvalue weighted by molar-refractivity contribution is 0.414. The van der Waals surface area contributed by atoms with Gasteiger partial charge < -0.3 is 10.1 Å². The molecule has 0 heterocycles. The molecule has 0 aliphatic rings. The summed E-state index contributed by atoms with van der Waals surface area (Å²) in [4.78, 5) is 0. The molecule has 0 aliphatic heterocycles. The van der Waals surface area contributed by atoms with Crippen LogP contribution in [0, 0.1) is 0 Å². The van der Waals surface area contributed by atoms with Gasteiger partial charge in [-0.05, 0) is 35.9 Å². The Morgan fingerprint density at radius 3 is 2.68 bits per heavy atom. The molecule has 19 heavy (non-hydrogen) atoms. The van der Waals surface area contributed by atoms with Crippen molar-refractivity contribution in [2.24, 2.45) is 0 Å². The summed E-state index contributed by atoms with van der Waals surface area (Å²) in [5, 5.41) is 4.07. The topological polar surface area (TPSA) is 21.3 Å². The maximum atomic E-state index is 6.00. The van der Waals surface area contributed by atoms with Gasteiger partial charge in [0.1, 0.15) is 5.75 Å². The normalized spacial score (nSPS) is 10.3. The largest absolute Gasteiger partial charge is 0.497 e. The van der Waals surface area contributed by atoms with E-state index in [2.05, 4.69) is 37.2 Å². The number of hydrogen-bond acceptors (Lipinski definition) is 2. The second-order valence-electron chi connectivity index (χ2n) is 3.97. The molecule has 2 nitrogen and oxygen atoms in total. The van der Waals surface area contributed by atoms with Crippen LogP contribution in [0.4, 0.5) is 5.69 Å². The smallest absolute Gasteiger partial charge is 0.122 e. The summed E-state index contributed by atoms with van der Waals surface area (Å²) in [7, 11) is 1.65. The highest BCUT2D eigenvalue weighted by Gasteiger charge is 2.03. The lowest BCUT2D eigenvalue weighted by Gasteiger charge is -2.10. The van der Waals surface area contributed by atoms with Crippen molar-refractivity contribution < 1.29 is 4.74 Å². The minimum Gasteiger partial charge on any atom is -0.497 e. The molecule has 100 valence electrons. The summed E-state index contributed by atoms with van der Waals surface area (Å²) in [6, 6.07) is 11.6. The average Bonchev–Trinajstić information content (AvgIpc) is 2.39. The summed E-state index contributed by atoms with van der Waals surface area (Å²) >= 11 is 13.0. The number of benzene rings is 2. The zero-order valence-electron chi connectivity index (χ0n) is 10.2. The summed E-state index contributed by atoms with van der Waals surface area (Å²) in [6.07, 6.45) is 0. The molecule has 0 amide bonds. The van der Waals surface area contributed by atoms with Crippen LogP contribution in [0.25, 0.3) is 0 Å². The lowest BCUT2D eigenvalue weighted by atomic mass is 10.2. The van der Waals surface area contributed by atoms with Crippen LogP contribution in [-0.4, -0.2) is 7.11 Å². The summed E-state index contributed by atoms with van der Waals surface area (Å²) in [6.45, 7) is 0.681. The highest BCUT2D eigenvalue weighted by atomic mass is 79.9. The van der Waals surface area contributed by atoms with Crippen LogP contribution in [0.3, 0.4) is 0 Å². The maximum absolute atomic E-state index is 6.00. The van der Waals surface area contributed by atoms with Crippen LogP contribution in [0.1, 0.15) is 5.56 Å². The Bertz CT molecular complexity index is 590. The molecule has 5 heteroatoms. The molecule has 0 fully saturated rings. The first-order valence-corrected chi connectivity index (χ1v) is 7.57. The van der Waals surface area contributed by atoms with E-state index in [4.69, 9.17) is 16.3 Å². The molecule has 1 N–H and O–H groups in total. The molecular formula is C14H12Br2ClNO. The third-order valence-electron chi connectivity index (χ3n) is 2.60. The average molecular weight is 406 g/mol. The molecule has 0 aliphatic carbocycles. The number of rotatable bonds is 4. The third-order valence-corrected chi connectivity index (χ3v) is 4.06. The molecule has 0 saturated heterocycles. The first kappa shape index (κ1) is 14.7. The Kier molecular flexibility index (Phi) is 5.13. The van der Waals surface area contributed by atoms with Crippen LogP contribution in [-0.2, 0) is 6.54 Å². The minimum absolute atomic E-state index is 0.681. The number of ether oxygens (including phenoxy) is 1. The molecule has 2 aromatic rings. The van der Waals surface area contributed by atoms with Crippen LogP contribution in [0.5, 0.6) is 5.75 Å². The van der Waals surface area contributed by atoms with E-state index >= 15 is 0 Å². The lowest BCUT2D eigenvalue weighted by Crippen LogP contribution is -2.00. The molecule has 2 aromatic carbocycles. The van der Waals surface area contributed by atoms with Crippen molar-refractivity contribution in [3.63, 3.8) is 0 Å². The van der Waals surface area contributed by atoms with E-state index in [1.807, 2.05) is 36.4 Å². The van der Waals surface area contributed by atoms with E-state index < -0.39 is 0 Å². The molecule has 0 aromatic heterocycles. The predicted octanol–water partition coefficient (Wildman–Crippen LogP) is 5.49. The van der Waals surface area contributed by atoms with Crippen LogP contribution in [0.15, 0.2) is 45.3 Å². The van der Waals surface area contributed by atoms with Crippen LogP contribution in [0.2, 0.25) is 5.02 Å². The van der Waals surface area contributed by atoms with E-state index in [0.717, 1.165) is 31.0 Å². The van der Waals surface area contributed by atoms with Crippen molar-refractivity contribution in [3.05, 3.63) is 55.9 Å². The molecular weight excluding hydrogens is 393 g/mol. The van der Waals surface area contributed by atoms with E-state index in [-0.39, 0.29) is 0 Å². The van der Waals surface area contributed by atoms with Gasteiger partial charge in [0.05, 0.1) is 7.11 Å². The monoisotopic (exact) mass is 403 g/mol. The van der Waals surface area contributed by atoms with Crippen molar-refractivity contribution in [1.29, 1.82) is 0 Å². The standard InChI is InChI=1S/C14H12Br2ClNO/c1-19-13-6-10(15)5-12(7-13)18-8-9-4-11(17)2-3-14(9)16/h2-7,18H,8H2,1H3. The molecule has 0 bridgehead atoms. The Morgan fingerprint density at radius 1 is 1.16 bits per heavy atom. The van der Waals surface area contributed by atoms with Gasteiger partial charge in [-0.25, -0.2) is 0 Å². The number of hydrogen-bond donors (Lipinski definition) is 1. The van der Waals surface area contributed by atoms with Gasteiger partial charge in [0, 0.05) is 32.3 Å². The van der Waals surface area contributed by atoms with Crippen LogP contribution < -0.4 is 10.1 Å². The number of anilines is 1. The molecule has 0 saturated carbocycles. The molecule has 0 atom stereocenters. The van der Waals surface area contributed by atoms with Crippen molar-refractivity contribution in [2.75, 3.05) is 12.4 Å². The maximum Gasteiger partial charge on any atom is 0.122 e. The second-order valence-corrected chi connectivity index (χ2v) is 6.18.